The van der Waals surface area contributed by atoms with Gasteiger partial charge in [-0.25, -0.2) is 4.79 Å². The Balaban J connectivity index is 1.38. The van der Waals surface area contributed by atoms with Crippen LogP contribution in [0.3, 0.4) is 0 Å². The van der Waals surface area contributed by atoms with E-state index in [2.05, 4.69) is 32.0 Å². The highest BCUT2D eigenvalue weighted by atomic mass is 16.2. The summed E-state index contributed by atoms with van der Waals surface area (Å²) in [5.74, 6) is 1.60. The first-order valence-electron chi connectivity index (χ1n) is 10.6. The maximum absolute atomic E-state index is 12.7. The lowest BCUT2D eigenvalue weighted by molar-refractivity contribution is -0.123. The number of rotatable bonds is 5. The summed E-state index contributed by atoms with van der Waals surface area (Å²) in [5, 5.41) is 12.3. The van der Waals surface area contributed by atoms with Crippen molar-refractivity contribution in [2.24, 2.45) is 0 Å². The third-order valence-corrected chi connectivity index (χ3v) is 5.29. The van der Waals surface area contributed by atoms with Gasteiger partial charge in [0.1, 0.15) is 0 Å². The molecule has 5 N–H and O–H groups in total. The highest BCUT2D eigenvalue weighted by Crippen LogP contribution is 2.23. The molecule has 0 aliphatic carbocycles. The van der Waals surface area contributed by atoms with Crippen LogP contribution in [0.2, 0.25) is 0 Å². The van der Waals surface area contributed by atoms with Crippen LogP contribution in [0.25, 0.3) is 5.57 Å². The molecule has 0 saturated heterocycles. The van der Waals surface area contributed by atoms with Crippen molar-refractivity contribution in [3.63, 3.8) is 0 Å². The van der Waals surface area contributed by atoms with Crippen LogP contribution in [0.5, 0.6) is 0 Å². The van der Waals surface area contributed by atoms with Crippen molar-refractivity contribution in [3.05, 3.63) is 65.7 Å². The number of amides is 3. The molecular formula is C24H22N8O3. The summed E-state index contributed by atoms with van der Waals surface area (Å²) in [6, 6.07) is 13.2. The zero-order valence-corrected chi connectivity index (χ0v) is 18.8. The van der Waals surface area contributed by atoms with E-state index in [1.807, 2.05) is 18.2 Å². The molecule has 0 radical (unpaired) electrons. The Kier molecular flexibility index (Phi) is 6.46. The van der Waals surface area contributed by atoms with Gasteiger partial charge in [0.05, 0.1) is 0 Å². The molecule has 1 aliphatic rings. The molecule has 0 unspecified atom stereocenters. The second-order valence-corrected chi connectivity index (χ2v) is 7.55. The number of benzene rings is 2. The quantitative estimate of drug-likeness (QED) is 0.416. The molecule has 3 aromatic rings. The van der Waals surface area contributed by atoms with E-state index in [1.165, 1.54) is 0 Å². The Bertz CT molecular complexity index is 1350. The van der Waals surface area contributed by atoms with E-state index in [0.29, 0.717) is 30.0 Å². The standard InChI is InChI=1S/C24H22N8O3/c1-3-20(33)31-13-12-17(14-31)15-4-8-19(9-5-15)28-24(35)32-22(25)29-23(30-32)27-18-10-6-16(7-11-18)21(34)26-2/h1,4-12H,13-14H2,2H3,(H,26,34)(H,28,35)(H3,25,27,29,30). The van der Waals surface area contributed by atoms with Gasteiger partial charge in [-0.15, -0.1) is 16.2 Å². The van der Waals surface area contributed by atoms with Crippen LogP contribution in [0, 0.1) is 12.3 Å². The van der Waals surface area contributed by atoms with Crippen molar-refractivity contribution < 1.29 is 14.4 Å². The average molecular weight is 470 g/mol. The average Bonchev–Trinajstić information content (AvgIpc) is 3.51. The molecule has 11 nitrogen and oxygen atoms in total. The summed E-state index contributed by atoms with van der Waals surface area (Å²) in [6.07, 6.45) is 7.12. The maximum Gasteiger partial charge on any atom is 0.349 e. The van der Waals surface area contributed by atoms with Gasteiger partial charge < -0.3 is 26.6 Å². The van der Waals surface area contributed by atoms with Gasteiger partial charge in [-0.3, -0.25) is 9.59 Å². The number of carbonyl (C=O) groups excluding carboxylic acids is 3. The number of carbonyl (C=O) groups is 3. The monoisotopic (exact) mass is 470 g/mol. The Morgan fingerprint density at radius 1 is 1.06 bits per heavy atom. The third-order valence-electron chi connectivity index (χ3n) is 5.29. The summed E-state index contributed by atoms with van der Waals surface area (Å²) >= 11 is 0. The molecule has 0 bridgehead atoms. The lowest BCUT2D eigenvalue weighted by atomic mass is 10.1. The maximum atomic E-state index is 12.7. The first-order chi connectivity index (χ1) is 16.9. The summed E-state index contributed by atoms with van der Waals surface area (Å²) in [6.45, 7) is 0.908. The number of nitrogens with two attached hydrogens (primary N) is 1. The molecule has 176 valence electrons. The van der Waals surface area contributed by atoms with E-state index in [-0.39, 0.29) is 23.7 Å². The van der Waals surface area contributed by atoms with Crippen LogP contribution in [-0.4, -0.2) is 57.6 Å². The number of nitrogens with one attached hydrogen (secondary N) is 3. The molecule has 1 aromatic heterocycles. The van der Waals surface area contributed by atoms with Gasteiger partial charge in [-0.05, 0) is 53.5 Å². The Hall–Kier alpha value is -5.11. The van der Waals surface area contributed by atoms with Gasteiger partial charge >= 0.3 is 6.03 Å². The summed E-state index contributed by atoms with van der Waals surface area (Å²) in [7, 11) is 1.55. The van der Waals surface area contributed by atoms with Crippen LogP contribution in [0.1, 0.15) is 15.9 Å². The second-order valence-electron chi connectivity index (χ2n) is 7.55. The van der Waals surface area contributed by atoms with E-state index in [9.17, 15) is 14.4 Å². The van der Waals surface area contributed by atoms with Gasteiger partial charge in [0.2, 0.25) is 11.9 Å². The van der Waals surface area contributed by atoms with Crippen molar-refractivity contribution >= 4 is 46.7 Å². The van der Waals surface area contributed by atoms with E-state index in [1.54, 1.807) is 48.3 Å². The zero-order chi connectivity index (χ0) is 24.9. The lowest BCUT2D eigenvalue weighted by Crippen LogP contribution is -2.27. The minimum atomic E-state index is -0.586. The van der Waals surface area contributed by atoms with Crippen LogP contribution in [-0.2, 0) is 4.79 Å². The number of hydrogen-bond donors (Lipinski definition) is 4. The third kappa shape index (κ3) is 5.12. The normalized spacial score (nSPS) is 12.5. The molecule has 2 aromatic carbocycles. The lowest BCUT2D eigenvalue weighted by Gasteiger charge is -2.12. The van der Waals surface area contributed by atoms with E-state index in [0.717, 1.165) is 15.8 Å². The van der Waals surface area contributed by atoms with Crippen molar-refractivity contribution in [3.8, 4) is 12.3 Å². The molecule has 0 fully saturated rings. The van der Waals surface area contributed by atoms with Crippen LogP contribution in [0.4, 0.5) is 28.1 Å². The molecule has 2 heterocycles. The Morgan fingerprint density at radius 3 is 2.40 bits per heavy atom. The Morgan fingerprint density at radius 2 is 1.74 bits per heavy atom. The minimum absolute atomic E-state index is 0.0991. The number of nitrogen functional groups attached to an aromatic ring is 1. The van der Waals surface area contributed by atoms with Gasteiger partial charge in [0.25, 0.3) is 11.8 Å². The second kappa shape index (κ2) is 9.80. The molecule has 3 amide bonds. The largest absolute Gasteiger partial charge is 0.368 e. The molecule has 0 atom stereocenters. The predicted molar refractivity (Wildman–Crippen MR) is 132 cm³/mol. The van der Waals surface area contributed by atoms with Gasteiger partial charge in [0.15, 0.2) is 0 Å². The molecule has 1 aliphatic heterocycles. The SMILES string of the molecule is C#CC(=O)N1CC=C(c2ccc(NC(=O)n3nc(Nc4ccc(C(=O)NC)cc4)nc3N)cc2)C1. The van der Waals surface area contributed by atoms with E-state index in [4.69, 9.17) is 12.2 Å². The van der Waals surface area contributed by atoms with Crippen LogP contribution >= 0.6 is 0 Å². The fourth-order valence-corrected chi connectivity index (χ4v) is 3.46. The molecule has 0 saturated carbocycles. The van der Waals surface area contributed by atoms with Gasteiger partial charge in [-0.2, -0.15) is 4.98 Å². The Labute approximate surface area is 201 Å². The number of terminal acetylenes is 1. The number of hydrogen-bond acceptors (Lipinski definition) is 7. The predicted octanol–water partition coefficient (Wildman–Crippen LogP) is 1.90. The highest BCUT2D eigenvalue weighted by Gasteiger charge is 2.19. The van der Waals surface area contributed by atoms with Crippen molar-refractivity contribution in [2.45, 2.75) is 0 Å². The van der Waals surface area contributed by atoms with E-state index >= 15 is 0 Å². The molecule has 4 rings (SSSR count). The van der Waals surface area contributed by atoms with Crippen molar-refractivity contribution in [2.75, 3.05) is 36.5 Å². The smallest absolute Gasteiger partial charge is 0.349 e. The minimum Gasteiger partial charge on any atom is -0.368 e. The fraction of sp³-hybridized carbons (Fsp3) is 0.125. The highest BCUT2D eigenvalue weighted by molar-refractivity contribution is 5.95. The van der Waals surface area contributed by atoms with Crippen LogP contribution in [0.15, 0.2) is 54.6 Å². The first kappa shape index (κ1) is 23.1. The summed E-state index contributed by atoms with van der Waals surface area (Å²) in [4.78, 5) is 41.6. The van der Waals surface area contributed by atoms with E-state index < -0.39 is 6.03 Å². The topological polar surface area (TPSA) is 147 Å². The van der Waals surface area contributed by atoms with Crippen LogP contribution < -0.4 is 21.7 Å². The number of aromatic nitrogens is 3. The van der Waals surface area contributed by atoms with Crippen molar-refractivity contribution in [1.82, 2.24) is 25.0 Å². The molecule has 11 heteroatoms. The van der Waals surface area contributed by atoms with Crippen molar-refractivity contribution in [1.29, 1.82) is 0 Å². The van der Waals surface area contributed by atoms with Gasteiger partial charge in [0, 0.05) is 37.1 Å². The first-order valence-corrected chi connectivity index (χ1v) is 10.6. The summed E-state index contributed by atoms with van der Waals surface area (Å²) < 4.78 is 0.942. The molecule has 0 spiro atoms. The fourth-order valence-electron chi connectivity index (χ4n) is 3.46. The number of nitrogens with zero attached hydrogens (tertiary/aromatic N) is 4. The molecular weight excluding hydrogens is 448 g/mol. The zero-order valence-electron chi connectivity index (χ0n) is 18.8. The number of anilines is 4. The molecule has 35 heavy (non-hydrogen) atoms. The summed E-state index contributed by atoms with van der Waals surface area (Å²) in [5.41, 5.74) is 9.42. The van der Waals surface area contributed by atoms with Gasteiger partial charge in [-0.1, -0.05) is 18.2 Å².